The van der Waals surface area contributed by atoms with Crippen molar-refractivity contribution >= 4 is 33.4 Å². The van der Waals surface area contributed by atoms with Gasteiger partial charge in [-0.25, -0.2) is 4.98 Å². The molecule has 7 nitrogen and oxygen atoms in total. The van der Waals surface area contributed by atoms with Crippen LogP contribution >= 0.6 is 11.3 Å². The molecule has 1 fully saturated rings. The summed E-state index contributed by atoms with van der Waals surface area (Å²) in [7, 11) is 1.83. The number of amides is 2. The minimum atomic E-state index is -0.0949. The molecule has 2 aromatic heterocycles. The Bertz CT molecular complexity index is 959. The molecule has 0 radical (unpaired) electrons. The van der Waals surface area contributed by atoms with Crippen LogP contribution in [0.1, 0.15) is 28.5 Å². The van der Waals surface area contributed by atoms with Crippen LogP contribution in [-0.2, 0) is 4.79 Å². The number of aromatic nitrogens is 1. The van der Waals surface area contributed by atoms with E-state index in [-0.39, 0.29) is 17.9 Å². The first-order valence-electron chi connectivity index (χ1n) is 9.69. The van der Waals surface area contributed by atoms with E-state index in [2.05, 4.69) is 16.0 Å². The van der Waals surface area contributed by atoms with Crippen LogP contribution in [0.15, 0.2) is 47.1 Å². The Morgan fingerprint density at radius 3 is 2.62 bits per heavy atom. The fraction of sp³-hybridized carbons (Fsp3) is 0.381. The molecule has 0 bridgehead atoms. The smallest absolute Gasteiger partial charge is 0.289 e. The van der Waals surface area contributed by atoms with Gasteiger partial charge in [-0.05, 0) is 31.2 Å². The topological polar surface area (TPSA) is 69.9 Å². The Kier molecular flexibility index (Phi) is 5.64. The monoisotopic (exact) mass is 412 g/mol. The molecule has 0 spiro atoms. The highest BCUT2D eigenvalue weighted by molar-refractivity contribution is 7.18. The van der Waals surface area contributed by atoms with Gasteiger partial charge in [-0.15, -0.1) is 11.3 Å². The van der Waals surface area contributed by atoms with Crippen molar-refractivity contribution in [1.29, 1.82) is 0 Å². The lowest BCUT2D eigenvalue weighted by atomic mass is 10.2. The molecule has 4 rings (SSSR count). The molecule has 0 unspecified atom stereocenters. The van der Waals surface area contributed by atoms with Gasteiger partial charge in [-0.2, -0.15) is 0 Å². The number of carbonyl (C=O) groups excluding carboxylic acids is 2. The van der Waals surface area contributed by atoms with Crippen LogP contribution < -0.4 is 0 Å². The summed E-state index contributed by atoms with van der Waals surface area (Å²) in [6, 6.07) is 11.3. The lowest BCUT2D eigenvalue weighted by Gasteiger charge is -2.35. The predicted molar refractivity (Wildman–Crippen MR) is 112 cm³/mol. The predicted octanol–water partition coefficient (Wildman–Crippen LogP) is 2.87. The molecule has 29 heavy (non-hydrogen) atoms. The summed E-state index contributed by atoms with van der Waals surface area (Å²) in [4.78, 5) is 35.5. The summed E-state index contributed by atoms with van der Waals surface area (Å²) < 4.78 is 6.32. The number of benzene rings is 1. The van der Waals surface area contributed by atoms with Crippen molar-refractivity contribution in [3.63, 3.8) is 0 Å². The molecule has 3 aromatic rings. The van der Waals surface area contributed by atoms with E-state index in [4.69, 9.17) is 4.42 Å². The summed E-state index contributed by atoms with van der Waals surface area (Å²) in [6.45, 7) is 4.86. The molecule has 2 amide bonds. The molecule has 152 valence electrons. The molecule has 1 aromatic carbocycles. The molecule has 0 N–H and O–H groups in total. The molecular weight excluding hydrogens is 388 g/mol. The van der Waals surface area contributed by atoms with Gasteiger partial charge < -0.3 is 14.2 Å². The van der Waals surface area contributed by atoms with E-state index in [1.54, 1.807) is 33.3 Å². The standard InChI is InChI=1S/C21H24N4O3S/c1-15(20-22-16-6-3-4-8-18(16)29-20)23(2)19(26)14-24-9-11-25(12-10-24)21(27)17-7-5-13-28-17/h3-8,13,15H,9-12,14H2,1-2H3/t15-/m1/s1. The number of hydrogen-bond donors (Lipinski definition) is 0. The van der Waals surface area contributed by atoms with Crippen molar-refractivity contribution in [3.05, 3.63) is 53.4 Å². The second-order valence-corrected chi connectivity index (χ2v) is 8.31. The Morgan fingerprint density at radius 1 is 1.17 bits per heavy atom. The highest BCUT2D eigenvalue weighted by atomic mass is 32.1. The number of piperazine rings is 1. The lowest BCUT2D eigenvalue weighted by Crippen LogP contribution is -2.51. The minimum absolute atomic E-state index is 0.0579. The van der Waals surface area contributed by atoms with Gasteiger partial charge in [0.2, 0.25) is 5.91 Å². The van der Waals surface area contributed by atoms with Crippen LogP contribution in [0, 0.1) is 0 Å². The number of thiazole rings is 1. The molecule has 0 aliphatic carbocycles. The third kappa shape index (κ3) is 4.18. The van der Waals surface area contributed by atoms with Crippen LogP contribution in [0.5, 0.6) is 0 Å². The Balaban J connectivity index is 1.31. The average Bonchev–Trinajstić information content (AvgIpc) is 3.42. The van der Waals surface area contributed by atoms with E-state index in [0.717, 1.165) is 15.2 Å². The van der Waals surface area contributed by atoms with Crippen LogP contribution in [0.3, 0.4) is 0 Å². The SMILES string of the molecule is C[C@H](c1nc2ccccc2s1)N(C)C(=O)CN1CCN(C(=O)c2ccco2)CC1. The molecule has 1 saturated heterocycles. The maximum Gasteiger partial charge on any atom is 0.289 e. The lowest BCUT2D eigenvalue weighted by molar-refractivity contribution is -0.133. The number of rotatable bonds is 5. The van der Waals surface area contributed by atoms with Gasteiger partial charge in [-0.1, -0.05) is 12.1 Å². The van der Waals surface area contributed by atoms with E-state index in [1.165, 1.54) is 6.26 Å². The van der Waals surface area contributed by atoms with Crippen molar-refractivity contribution in [3.8, 4) is 0 Å². The quantitative estimate of drug-likeness (QED) is 0.645. The zero-order chi connectivity index (χ0) is 20.4. The van der Waals surface area contributed by atoms with Gasteiger partial charge in [-0.3, -0.25) is 14.5 Å². The van der Waals surface area contributed by atoms with Crippen molar-refractivity contribution in [1.82, 2.24) is 19.7 Å². The van der Waals surface area contributed by atoms with Crippen molar-refractivity contribution in [2.24, 2.45) is 0 Å². The Hall–Kier alpha value is -2.71. The maximum atomic E-state index is 12.8. The minimum Gasteiger partial charge on any atom is -0.459 e. The number of hydrogen-bond acceptors (Lipinski definition) is 6. The number of para-hydroxylation sites is 1. The van der Waals surface area contributed by atoms with Crippen molar-refractivity contribution in [2.75, 3.05) is 39.8 Å². The third-order valence-corrected chi connectivity index (χ3v) is 6.60. The van der Waals surface area contributed by atoms with Crippen molar-refractivity contribution in [2.45, 2.75) is 13.0 Å². The molecule has 0 saturated carbocycles. The maximum absolute atomic E-state index is 12.8. The zero-order valence-corrected chi connectivity index (χ0v) is 17.4. The fourth-order valence-electron chi connectivity index (χ4n) is 3.42. The average molecular weight is 413 g/mol. The summed E-state index contributed by atoms with van der Waals surface area (Å²) in [5.41, 5.74) is 0.970. The third-order valence-electron chi connectivity index (χ3n) is 5.39. The first-order chi connectivity index (χ1) is 14.0. The molecule has 8 heteroatoms. The van der Waals surface area contributed by atoms with Gasteiger partial charge >= 0.3 is 0 Å². The fourth-order valence-corrected chi connectivity index (χ4v) is 4.48. The molecular formula is C21H24N4O3S. The van der Waals surface area contributed by atoms with Crippen molar-refractivity contribution < 1.29 is 14.0 Å². The first-order valence-corrected chi connectivity index (χ1v) is 10.5. The zero-order valence-electron chi connectivity index (χ0n) is 16.6. The highest BCUT2D eigenvalue weighted by Crippen LogP contribution is 2.28. The van der Waals surface area contributed by atoms with E-state index >= 15 is 0 Å². The second kappa shape index (κ2) is 8.34. The Labute approximate surface area is 173 Å². The van der Waals surface area contributed by atoms with E-state index in [1.807, 2.05) is 32.2 Å². The number of likely N-dealkylation sites (N-methyl/N-ethyl adjacent to an activating group) is 1. The van der Waals surface area contributed by atoms with Crippen LogP contribution in [0.4, 0.5) is 0 Å². The Morgan fingerprint density at radius 2 is 1.93 bits per heavy atom. The van der Waals surface area contributed by atoms with Crippen LogP contribution in [0.2, 0.25) is 0 Å². The molecule has 1 aliphatic rings. The highest BCUT2D eigenvalue weighted by Gasteiger charge is 2.27. The van der Waals surface area contributed by atoms with Crippen LogP contribution in [0.25, 0.3) is 10.2 Å². The molecule has 1 aliphatic heterocycles. The summed E-state index contributed by atoms with van der Waals surface area (Å²) >= 11 is 1.63. The normalized spacial score (nSPS) is 16.1. The van der Waals surface area contributed by atoms with E-state index in [0.29, 0.717) is 38.5 Å². The van der Waals surface area contributed by atoms with E-state index in [9.17, 15) is 9.59 Å². The van der Waals surface area contributed by atoms with Gasteiger partial charge in [0.1, 0.15) is 5.01 Å². The summed E-state index contributed by atoms with van der Waals surface area (Å²) in [5, 5.41) is 0.941. The molecule has 1 atom stereocenters. The first kappa shape index (κ1) is 19.6. The number of furan rings is 1. The van der Waals surface area contributed by atoms with Crippen LogP contribution in [-0.4, -0.2) is 71.3 Å². The number of fused-ring (bicyclic) bond motifs is 1. The number of carbonyl (C=O) groups is 2. The largest absolute Gasteiger partial charge is 0.459 e. The summed E-state index contributed by atoms with van der Waals surface area (Å²) in [5.74, 6) is 0.323. The molecule has 3 heterocycles. The van der Waals surface area contributed by atoms with Gasteiger partial charge in [0, 0.05) is 33.2 Å². The number of nitrogens with zero attached hydrogens (tertiary/aromatic N) is 4. The van der Waals surface area contributed by atoms with Gasteiger partial charge in [0.25, 0.3) is 5.91 Å². The van der Waals surface area contributed by atoms with Gasteiger partial charge in [0.05, 0.1) is 29.1 Å². The van der Waals surface area contributed by atoms with Gasteiger partial charge in [0.15, 0.2) is 5.76 Å². The summed E-state index contributed by atoms with van der Waals surface area (Å²) in [6.07, 6.45) is 1.50. The second-order valence-electron chi connectivity index (χ2n) is 7.25. The van der Waals surface area contributed by atoms with E-state index < -0.39 is 0 Å².